The van der Waals surface area contributed by atoms with Gasteiger partial charge in [0.15, 0.2) is 0 Å². The van der Waals surface area contributed by atoms with Crippen LogP contribution in [0.2, 0.25) is 0 Å². The van der Waals surface area contributed by atoms with Crippen molar-refractivity contribution in [3.05, 3.63) is 41.4 Å². The third kappa shape index (κ3) is 4.95. The van der Waals surface area contributed by atoms with Gasteiger partial charge in [0.2, 0.25) is 0 Å². The highest BCUT2D eigenvalue weighted by atomic mass is 32.1. The van der Waals surface area contributed by atoms with Crippen LogP contribution >= 0.6 is 11.3 Å². The number of hydrogen-bond donors (Lipinski definition) is 1. The SMILES string of the molecule is CC(C)CN(CC(=O)O)Cc1csc(-c2ccccc2)n1. The summed E-state index contributed by atoms with van der Waals surface area (Å²) in [5.41, 5.74) is 2.03. The van der Waals surface area contributed by atoms with Gasteiger partial charge in [-0.25, -0.2) is 4.98 Å². The summed E-state index contributed by atoms with van der Waals surface area (Å²) in [5, 5.41) is 12.0. The number of benzene rings is 1. The Morgan fingerprint density at radius 3 is 2.67 bits per heavy atom. The average molecular weight is 304 g/mol. The largest absolute Gasteiger partial charge is 0.480 e. The van der Waals surface area contributed by atoms with Crippen molar-refractivity contribution in [3.63, 3.8) is 0 Å². The van der Waals surface area contributed by atoms with Crippen LogP contribution in [0.4, 0.5) is 0 Å². The molecule has 0 fully saturated rings. The van der Waals surface area contributed by atoms with E-state index in [4.69, 9.17) is 5.11 Å². The number of rotatable bonds is 7. The quantitative estimate of drug-likeness (QED) is 0.852. The molecule has 0 amide bonds. The van der Waals surface area contributed by atoms with Gasteiger partial charge in [0.1, 0.15) is 5.01 Å². The molecule has 0 saturated carbocycles. The molecule has 0 saturated heterocycles. The van der Waals surface area contributed by atoms with Crippen molar-refractivity contribution in [1.82, 2.24) is 9.88 Å². The van der Waals surface area contributed by atoms with E-state index in [0.29, 0.717) is 12.5 Å². The lowest BCUT2D eigenvalue weighted by Gasteiger charge is -2.21. The standard InChI is InChI=1S/C16H20N2O2S/c1-12(2)8-18(10-15(19)20)9-14-11-21-16(17-14)13-6-4-3-5-7-13/h3-7,11-12H,8-10H2,1-2H3,(H,19,20). The van der Waals surface area contributed by atoms with E-state index < -0.39 is 5.97 Å². The zero-order valence-electron chi connectivity index (χ0n) is 12.3. The molecule has 1 aromatic heterocycles. The van der Waals surface area contributed by atoms with Gasteiger partial charge in [-0.3, -0.25) is 9.69 Å². The molecule has 0 spiro atoms. The van der Waals surface area contributed by atoms with Gasteiger partial charge in [0.05, 0.1) is 12.2 Å². The Morgan fingerprint density at radius 1 is 1.33 bits per heavy atom. The van der Waals surface area contributed by atoms with Crippen LogP contribution in [0.3, 0.4) is 0 Å². The van der Waals surface area contributed by atoms with E-state index in [1.54, 1.807) is 11.3 Å². The first kappa shape index (κ1) is 15.7. The lowest BCUT2D eigenvalue weighted by atomic mass is 10.2. The Labute approximate surface area is 129 Å². The second kappa shape index (κ2) is 7.33. The molecule has 0 radical (unpaired) electrons. The third-order valence-corrected chi connectivity index (χ3v) is 3.88. The second-order valence-corrected chi connectivity index (χ2v) is 6.33. The van der Waals surface area contributed by atoms with Crippen LogP contribution in [0.5, 0.6) is 0 Å². The first-order valence-corrected chi connectivity index (χ1v) is 7.86. The summed E-state index contributed by atoms with van der Waals surface area (Å²) < 4.78 is 0. The van der Waals surface area contributed by atoms with Crippen molar-refractivity contribution >= 4 is 17.3 Å². The minimum atomic E-state index is -0.797. The van der Waals surface area contributed by atoms with Crippen LogP contribution in [-0.2, 0) is 11.3 Å². The van der Waals surface area contributed by atoms with Crippen LogP contribution in [0.1, 0.15) is 19.5 Å². The van der Waals surface area contributed by atoms with E-state index in [2.05, 4.69) is 18.8 Å². The van der Waals surface area contributed by atoms with Crippen LogP contribution in [0, 0.1) is 5.92 Å². The van der Waals surface area contributed by atoms with E-state index in [0.717, 1.165) is 22.8 Å². The van der Waals surface area contributed by atoms with Gasteiger partial charge in [-0.05, 0) is 5.92 Å². The lowest BCUT2D eigenvalue weighted by molar-refractivity contribution is -0.138. The van der Waals surface area contributed by atoms with Gasteiger partial charge in [-0.2, -0.15) is 0 Å². The Balaban J connectivity index is 2.07. The molecule has 1 aromatic carbocycles. The molecular weight excluding hydrogens is 284 g/mol. The molecule has 2 rings (SSSR count). The summed E-state index contributed by atoms with van der Waals surface area (Å²) >= 11 is 1.60. The number of carbonyl (C=O) groups is 1. The molecule has 4 nitrogen and oxygen atoms in total. The fraction of sp³-hybridized carbons (Fsp3) is 0.375. The van der Waals surface area contributed by atoms with E-state index in [1.165, 1.54) is 0 Å². The summed E-state index contributed by atoms with van der Waals surface area (Å²) in [5.74, 6) is -0.370. The summed E-state index contributed by atoms with van der Waals surface area (Å²) in [6.45, 7) is 5.56. The van der Waals surface area contributed by atoms with Crippen LogP contribution in [0.15, 0.2) is 35.7 Å². The molecule has 0 bridgehead atoms. The van der Waals surface area contributed by atoms with Crippen molar-refractivity contribution < 1.29 is 9.90 Å². The van der Waals surface area contributed by atoms with E-state index >= 15 is 0 Å². The summed E-state index contributed by atoms with van der Waals surface area (Å²) in [4.78, 5) is 17.5. The molecule has 1 heterocycles. The maximum Gasteiger partial charge on any atom is 0.317 e. The molecule has 0 atom stereocenters. The number of aliphatic carboxylic acids is 1. The highest BCUT2D eigenvalue weighted by Crippen LogP contribution is 2.23. The van der Waals surface area contributed by atoms with Crippen molar-refractivity contribution in [2.75, 3.05) is 13.1 Å². The van der Waals surface area contributed by atoms with Gasteiger partial charge in [-0.1, -0.05) is 44.2 Å². The van der Waals surface area contributed by atoms with Crippen molar-refractivity contribution in [2.24, 2.45) is 5.92 Å². The molecule has 5 heteroatoms. The highest BCUT2D eigenvalue weighted by Gasteiger charge is 2.14. The summed E-state index contributed by atoms with van der Waals surface area (Å²) in [6, 6.07) is 10.0. The first-order valence-electron chi connectivity index (χ1n) is 6.98. The highest BCUT2D eigenvalue weighted by molar-refractivity contribution is 7.13. The Hall–Kier alpha value is -1.72. The molecule has 21 heavy (non-hydrogen) atoms. The van der Waals surface area contributed by atoms with Gasteiger partial charge in [-0.15, -0.1) is 11.3 Å². The zero-order valence-corrected chi connectivity index (χ0v) is 13.1. The van der Waals surface area contributed by atoms with Crippen LogP contribution < -0.4 is 0 Å². The number of carboxylic acids is 1. The Morgan fingerprint density at radius 2 is 2.05 bits per heavy atom. The maximum atomic E-state index is 10.9. The number of thiazole rings is 1. The zero-order chi connectivity index (χ0) is 15.2. The van der Waals surface area contributed by atoms with E-state index in [1.807, 2.05) is 40.6 Å². The van der Waals surface area contributed by atoms with Gasteiger partial charge >= 0.3 is 5.97 Å². The van der Waals surface area contributed by atoms with Gasteiger partial charge in [0, 0.05) is 24.0 Å². The predicted octanol–water partition coefficient (Wildman–Crippen LogP) is 3.35. The fourth-order valence-electron chi connectivity index (χ4n) is 2.21. The lowest BCUT2D eigenvalue weighted by Crippen LogP contribution is -2.32. The fourth-order valence-corrected chi connectivity index (χ4v) is 3.03. The van der Waals surface area contributed by atoms with Gasteiger partial charge < -0.3 is 5.11 Å². The van der Waals surface area contributed by atoms with E-state index in [9.17, 15) is 4.79 Å². The molecule has 0 unspecified atom stereocenters. The number of hydrogen-bond acceptors (Lipinski definition) is 4. The minimum Gasteiger partial charge on any atom is -0.480 e. The maximum absolute atomic E-state index is 10.9. The van der Waals surface area contributed by atoms with Crippen molar-refractivity contribution in [2.45, 2.75) is 20.4 Å². The molecule has 0 aliphatic rings. The van der Waals surface area contributed by atoms with Crippen molar-refractivity contribution in [1.29, 1.82) is 0 Å². The van der Waals surface area contributed by atoms with Crippen molar-refractivity contribution in [3.8, 4) is 10.6 Å². The second-order valence-electron chi connectivity index (χ2n) is 5.47. The van der Waals surface area contributed by atoms with Crippen LogP contribution in [0.25, 0.3) is 10.6 Å². The molecule has 1 N–H and O–H groups in total. The smallest absolute Gasteiger partial charge is 0.317 e. The number of carboxylic acid groups (broad SMARTS) is 1. The predicted molar refractivity (Wildman–Crippen MR) is 85.3 cm³/mol. The molecular formula is C16H20N2O2S. The monoisotopic (exact) mass is 304 g/mol. The average Bonchev–Trinajstić information content (AvgIpc) is 2.86. The Bertz CT molecular complexity index is 581. The third-order valence-electron chi connectivity index (χ3n) is 2.94. The normalized spacial score (nSPS) is 11.2. The topological polar surface area (TPSA) is 53.4 Å². The molecule has 2 aromatic rings. The minimum absolute atomic E-state index is 0.0520. The molecule has 0 aliphatic carbocycles. The Kier molecular flexibility index (Phi) is 5.47. The van der Waals surface area contributed by atoms with E-state index in [-0.39, 0.29) is 6.54 Å². The molecule has 112 valence electrons. The summed E-state index contributed by atoms with van der Waals surface area (Å²) in [6.07, 6.45) is 0. The molecule has 0 aliphatic heterocycles. The summed E-state index contributed by atoms with van der Waals surface area (Å²) in [7, 11) is 0. The first-order chi connectivity index (χ1) is 10.0. The number of nitrogens with zero attached hydrogens (tertiary/aromatic N) is 2. The number of aromatic nitrogens is 1. The van der Waals surface area contributed by atoms with Crippen LogP contribution in [-0.4, -0.2) is 34.0 Å². The van der Waals surface area contributed by atoms with Gasteiger partial charge in [0.25, 0.3) is 0 Å².